The van der Waals surface area contributed by atoms with E-state index >= 15 is 0 Å². The number of nitrogens with two attached hydrogens (primary N) is 1. The van der Waals surface area contributed by atoms with Crippen molar-refractivity contribution in [2.45, 2.75) is 64.8 Å². The SMILES string of the molecule is CCN[C@@H](Cc1ccccc1)C(=O)N[C@@H](CCCN)C(=O)Nc1ccc(COC(C)C)cc1. The number of likely N-dealkylation sites (N-methyl/N-ethyl adjacent to an activating group) is 1. The Bertz CT molecular complexity index is 840. The summed E-state index contributed by atoms with van der Waals surface area (Å²) in [5, 5.41) is 9.07. The van der Waals surface area contributed by atoms with Crippen LogP contribution in [0.25, 0.3) is 0 Å². The fourth-order valence-corrected chi connectivity index (χ4v) is 3.39. The Balaban J connectivity index is 2.02. The van der Waals surface area contributed by atoms with Gasteiger partial charge < -0.3 is 26.4 Å². The highest BCUT2D eigenvalue weighted by Gasteiger charge is 2.25. The summed E-state index contributed by atoms with van der Waals surface area (Å²) in [6.45, 7) is 7.56. The van der Waals surface area contributed by atoms with Crippen LogP contribution in [-0.2, 0) is 27.4 Å². The second-order valence-corrected chi connectivity index (χ2v) is 8.34. The summed E-state index contributed by atoms with van der Waals surface area (Å²) in [4.78, 5) is 26.0. The summed E-state index contributed by atoms with van der Waals surface area (Å²) in [6, 6.07) is 16.3. The monoisotopic (exact) mass is 454 g/mol. The van der Waals surface area contributed by atoms with Gasteiger partial charge >= 0.3 is 0 Å². The van der Waals surface area contributed by atoms with Crippen LogP contribution in [0.2, 0.25) is 0 Å². The molecule has 33 heavy (non-hydrogen) atoms. The van der Waals surface area contributed by atoms with E-state index in [0.29, 0.717) is 44.6 Å². The van der Waals surface area contributed by atoms with Crippen molar-refractivity contribution in [3.8, 4) is 0 Å². The van der Waals surface area contributed by atoms with Crippen LogP contribution >= 0.6 is 0 Å². The van der Waals surface area contributed by atoms with Gasteiger partial charge in [-0.2, -0.15) is 0 Å². The highest BCUT2D eigenvalue weighted by atomic mass is 16.5. The van der Waals surface area contributed by atoms with Gasteiger partial charge in [-0.05, 0) is 69.5 Å². The third kappa shape index (κ3) is 9.74. The van der Waals surface area contributed by atoms with Crippen LogP contribution in [0.4, 0.5) is 5.69 Å². The maximum Gasteiger partial charge on any atom is 0.246 e. The summed E-state index contributed by atoms with van der Waals surface area (Å²) in [5.74, 6) is -0.447. The van der Waals surface area contributed by atoms with E-state index in [4.69, 9.17) is 10.5 Å². The normalized spacial score (nSPS) is 12.9. The zero-order chi connectivity index (χ0) is 24.1. The number of benzene rings is 2. The third-order valence-corrected chi connectivity index (χ3v) is 5.18. The van der Waals surface area contributed by atoms with E-state index in [9.17, 15) is 9.59 Å². The van der Waals surface area contributed by atoms with Crippen molar-refractivity contribution in [1.82, 2.24) is 10.6 Å². The molecule has 0 fully saturated rings. The van der Waals surface area contributed by atoms with E-state index in [2.05, 4.69) is 16.0 Å². The second kappa shape index (κ2) is 14.4. The predicted molar refractivity (Wildman–Crippen MR) is 133 cm³/mol. The number of amides is 2. The molecule has 0 aliphatic carbocycles. The topological polar surface area (TPSA) is 105 Å². The van der Waals surface area contributed by atoms with E-state index in [1.165, 1.54) is 0 Å². The molecule has 0 heterocycles. The molecule has 0 saturated carbocycles. The Labute approximate surface area is 197 Å². The first kappa shape index (κ1) is 26.5. The van der Waals surface area contributed by atoms with Crippen molar-refractivity contribution >= 4 is 17.5 Å². The lowest BCUT2D eigenvalue weighted by molar-refractivity contribution is -0.128. The molecular weight excluding hydrogens is 416 g/mol. The fraction of sp³-hybridized carbons (Fsp3) is 0.462. The molecule has 0 radical (unpaired) electrons. The molecule has 0 aromatic heterocycles. The van der Waals surface area contributed by atoms with Crippen molar-refractivity contribution in [3.63, 3.8) is 0 Å². The molecule has 2 amide bonds. The number of anilines is 1. The minimum absolute atomic E-state index is 0.157. The van der Waals surface area contributed by atoms with Gasteiger partial charge in [0.1, 0.15) is 6.04 Å². The number of ether oxygens (including phenoxy) is 1. The summed E-state index contributed by atoms with van der Waals surface area (Å²) in [7, 11) is 0. The van der Waals surface area contributed by atoms with Crippen LogP contribution in [-0.4, -0.2) is 43.1 Å². The Hall–Kier alpha value is -2.74. The van der Waals surface area contributed by atoms with E-state index in [0.717, 1.165) is 11.1 Å². The summed E-state index contributed by atoms with van der Waals surface area (Å²) in [6.07, 6.45) is 1.81. The second-order valence-electron chi connectivity index (χ2n) is 8.34. The van der Waals surface area contributed by atoms with Crippen LogP contribution in [0.3, 0.4) is 0 Å². The first-order chi connectivity index (χ1) is 15.9. The number of rotatable bonds is 14. The van der Waals surface area contributed by atoms with Gasteiger partial charge in [-0.3, -0.25) is 9.59 Å². The highest BCUT2D eigenvalue weighted by Crippen LogP contribution is 2.13. The lowest BCUT2D eigenvalue weighted by atomic mass is 10.0. The van der Waals surface area contributed by atoms with Crippen LogP contribution in [0, 0.1) is 0 Å². The molecule has 7 heteroatoms. The molecule has 180 valence electrons. The zero-order valence-electron chi connectivity index (χ0n) is 20.0. The first-order valence-electron chi connectivity index (χ1n) is 11.7. The number of carbonyl (C=O) groups is 2. The molecule has 0 aliphatic rings. The van der Waals surface area contributed by atoms with Gasteiger partial charge in [0.15, 0.2) is 0 Å². The minimum atomic E-state index is -0.665. The van der Waals surface area contributed by atoms with Crippen LogP contribution < -0.4 is 21.7 Å². The molecule has 2 atom stereocenters. The van der Waals surface area contributed by atoms with E-state index in [-0.39, 0.29) is 17.9 Å². The van der Waals surface area contributed by atoms with Gasteiger partial charge in [-0.1, -0.05) is 49.4 Å². The lowest BCUT2D eigenvalue weighted by Crippen LogP contribution is -2.52. The molecule has 2 rings (SSSR count). The molecule has 0 aliphatic heterocycles. The van der Waals surface area contributed by atoms with Crippen LogP contribution in [0.5, 0.6) is 0 Å². The number of nitrogens with one attached hydrogen (secondary N) is 3. The standard InChI is InChI=1S/C26H38N4O3/c1-4-28-24(17-20-9-6-5-7-10-20)26(32)30-23(11-8-16-27)25(31)29-22-14-12-21(13-15-22)18-33-19(2)3/h5-7,9-10,12-15,19,23-24,28H,4,8,11,16-18,27H2,1-3H3,(H,29,31)(H,30,32)/t23-,24-/m0/s1. The van der Waals surface area contributed by atoms with Crippen LogP contribution in [0.15, 0.2) is 54.6 Å². The van der Waals surface area contributed by atoms with Crippen molar-refractivity contribution in [3.05, 3.63) is 65.7 Å². The summed E-state index contributed by atoms with van der Waals surface area (Å²) in [5.41, 5.74) is 8.43. The highest BCUT2D eigenvalue weighted by molar-refractivity contribution is 5.97. The smallest absolute Gasteiger partial charge is 0.246 e. The van der Waals surface area contributed by atoms with Crippen LogP contribution in [0.1, 0.15) is 44.7 Å². The Morgan fingerprint density at radius 2 is 1.64 bits per heavy atom. The number of hydrogen-bond acceptors (Lipinski definition) is 5. The Morgan fingerprint density at radius 1 is 0.939 bits per heavy atom. The van der Waals surface area contributed by atoms with Gasteiger partial charge in [-0.25, -0.2) is 0 Å². The lowest BCUT2D eigenvalue weighted by Gasteiger charge is -2.23. The van der Waals surface area contributed by atoms with E-state index in [1.54, 1.807) is 0 Å². The van der Waals surface area contributed by atoms with Crippen molar-refractivity contribution < 1.29 is 14.3 Å². The maximum atomic E-state index is 13.0. The fourth-order valence-electron chi connectivity index (χ4n) is 3.39. The van der Waals surface area contributed by atoms with Crippen molar-refractivity contribution in [2.24, 2.45) is 5.73 Å². The zero-order valence-corrected chi connectivity index (χ0v) is 20.0. The molecule has 5 N–H and O–H groups in total. The number of hydrogen-bond donors (Lipinski definition) is 4. The van der Waals surface area contributed by atoms with Gasteiger partial charge in [0.2, 0.25) is 11.8 Å². The van der Waals surface area contributed by atoms with E-state index in [1.807, 2.05) is 75.4 Å². The van der Waals surface area contributed by atoms with Crippen molar-refractivity contribution in [1.29, 1.82) is 0 Å². The quantitative estimate of drug-likeness (QED) is 0.351. The van der Waals surface area contributed by atoms with Gasteiger partial charge in [0.25, 0.3) is 0 Å². The molecule has 0 spiro atoms. The summed E-state index contributed by atoms with van der Waals surface area (Å²) < 4.78 is 5.61. The number of carbonyl (C=O) groups excluding carboxylic acids is 2. The largest absolute Gasteiger partial charge is 0.374 e. The molecule has 0 unspecified atom stereocenters. The average molecular weight is 455 g/mol. The molecule has 7 nitrogen and oxygen atoms in total. The molecular formula is C26H38N4O3. The first-order valence-corrected chi connectivity index (χ1v) is 11.7. The predicted octanol–water partition coefficient (Wildman–Crippen LogP) is 2.99. The molecule has 2 aromatic carbocycles. The van der Waals surface area contributed by atoms with Crippen molar-refractivity contribution in [2.75, 3.05) is 18.4 Å². The minimum Gasteiger partial charge on any atom is -0.374 e. The molecule has 2 aromatic rings. The Kier molecular flexibility index (Phi) is 11.6. The molecule has 0 saturated heterocycles. The average Bonchev–Trinajstić information content (AvgIpc) is 2.81. The van der Waals surface area contributed by atoms with Gasteiger partial charge in [0.05, 0.1) is 18.8 Å². The third-order valence-electron chi connectivity index (χ3n) is 5.18. The van der Waals surface area contributed by atoms with E-state index < -0.39 is 12.1 Å². The Morgan fingerprint density at radius 3 is 2.24 bits per heavy atom. The summed E-state index contributed by atoms with van der Waals surface area (Å²) >= 11 is 0. The maximum absolute atomic E-state index is 13.0. The van der Waals surface area contributed by atoms with Gasteiger partial charge in [0, 0.05) is 5.69 Å². The molecule has 0 bridgehead atoms. The van der Waals surface area contributed by atoms with Gasteiger partial charge in [-0.15, -0.1) is 0 Å².